The molecule has 5 nitrogen and oxygen atoms in total. The summed E-state index contributed by atoms with van der Waals surface area (Å²) in [6.45, 7) is 7.16. The molecule has 0 spiro atoms. The first-order valence-electron chi connectivity index (χ1n) is 9.79. The van der Waals surface area contributed by atoms with Crippen LogP contribution >= 0.6 is 15.9 Å². The summed E-state index contributed by atoms with van der Waals surface area (Å²) in [6.07, 6.45) is 0. The average Bonchev–Trinajstić information content (AvgIpc) is 2.73. The SMILES string of the molecule is CC1c2ccccc2S(=O)C(c2ccccc2OCCOCCBr)(C(C)C)N1[O-]. The van der Waals surface area contributed by atoms with Gasteiger partial charge in [-0.15, -0.1) is 0 Å². The Morgan fingerprint density at radius 1 is 1.14 bits per heavy atom. The summed E-state index contributed by atoms with van der Waals surface area (Å²) in [5.74, 6) is 0.371. The number of para-hydroxylation sites is 1. The van der Waals surface area contributed by atoms with E-state index >= 15 is 0 Å². The lowest BCUT2D eigenvalue weighted by atomic mass is 9.91. The number of ether oxygens (including phenoxy) is 2. The molecule has 1 aliphatic rings. The number of hydrogen-bond donors (Lipinski definition) is 0. The Morgan fingerprint density at radius 3 is 2.55 bits per heavy atom. The molecule has 0 radical (unpaired) electrons. The van der Waals surface area contributed by atoms with Crippen molar-refractivity contribution in [3.05, 3.63) is 64.9 Å². The third-order valence-corrected chi connectivity index (χ3v) is 7.82. The van der Waals surface area contributed by atoms with E-state index in [4.69, 9.17) is 9.47 Å². The Balaban J connectivity index is 2.06. The predicted molar refractivity (Wildman–Crippen MR) is 120 cm³/mol. The molecule has 7 heteroatoms. The summed E-state index contributed by atoms with van der Waals surface area (Å²) in [5, 5.41) is 15.4. The van der Waals surface area contributed by atoms with Crippen molar-refractivity contribution in [3.63, 3.8) is 0 Å². The number of benzene rings is 2. The second-order valence-electron chi connectivity index (χ2n) is 7.31. The van der Waals surface area contributed by atoms with Gasteiger partial charge in [-0.05, 0) is 30.5 Å². The van der Waals surface area contributed by atoms with Crippen molar-refractivity contribution in [2.45, 2.75) is 36.6 Å². The van der Waals surface area contributed by atoms with Gasteiger partial charge in [-0.3, -0.25) is 4.21 Å². The maximum absolute atomic E-state index is 13.9. The number of alkyl halides is 1. The highest BCUT2D eigenvalue weighted by Crippen LogP contribution is 2.52. The minimum atomic E-state index is -1.57. The summed E-state index contributed by atoms with van der Waals surface area (Å²) in [6, 6.07) is 14.5. The standard InChI is InChI=1S/C22H27BrNO4S/c1-16(2)22(19-9-5-6-10-20(19)28-15-14-27-13-12-23)24(25)17(3)18-8-4-7-11-21(18)29(22)26/h4-11,16-17H,12-15H2,1-3H3/q-1. The normalized spacial score (nSPS) is 24.5. The van der Waals surface area contributed by atoms with Gasteiger partial charge in [0.1, 0.15) is 17.2 Å². The maximum Gasteiger partial charge on any atom is 0.125 e. The topological polar surface area (TPSA) is 61.8 Å². The maximum atomic E-state index is 13.9. The fraction of sp³-hybridized carbons (Fsp3) is 0.455. The van der Waals surface area contributed by atoms with E-state index in [0.29, 0.717) is 31.1 Å². The molecular formula is C22H27BrNO4S-. The Morgan fingerprint density at radius 2 is 1.83 bits per heavy atom. The van der Waals surface area contributed by atoms with Crippen molar-refractivity contribution >= 4 is 26.7 Å². The van der Waals surface area contributed by atoms with Crippen LogP contribution in [0.4, 0.5) is 0 Å². The number of hydroxylamine groups is 2. The monoisotopic (exact) mass is 480 g/mol. The van der Waals surface area contributed by atoms with E-state index in [0.717, 1.165) is 20.9 Å². The number of rotatable bonds is 8. The fourth-order valence-electron chi connectivity index (χ4n) is 3.91. The molecule has 0 aliphatic carbocycles. The van der Waals surface area contributed by atoms with Gasteiger partial charge in [-0.1, -0.05) is 66.2 Å². The molecule has 0 fully saturated rings. The van der Waals surface area contributed by atoms with Gasteiger partial charge in [-0.2, -0.15) is 0 Å². The van der Waals surface area contributed by atoms with Crippen LogP contribution in [0.5, 0.6) is 5.75 Å². The van der Waals surface area contributed by atoms with E-state index < -0.39 is 21.7 Å². The highest BCUT2D eigenvalue weighted by atomic mass is 79.9. The lowest BCUT2D eigenvalue weighted by Gasteiger charge is -2.56. The van der Waals surface area contributed by atoms with Crippen LogP contribution in [0.1, 0.15) is 37.9 Å². The third kappa shape index (κ3) is 4.03. The summed E-state index contributed by atoms with van der Waals surface area (Å²) < 4.78 is 25.3. The van der Waals surface area contributed by atoms with Gasteiger partial charge < -0.3 is 19.7 Å². The molecular weight excluding hydrogens is 454 g/mol. The molecule has 0 bridgehead atoms. The summed E-state index contributed by atoms with van der Waals surface area (Å²) in [7, 11) is -1.57. The molecule has 1 aliphatic heterocycles. The minimum Gasteiger partial charge on any atom is -0.783 e. The summed E-state index contributed by atoms with van der Waals surface area (Å²) >= 11 is 3.33. The van der Waals surface area contributed by atoms with Crippen LogP contribution in [-0.4, -0.2) is 34.4 Å². The Kier molecular flexibility index (Phi) is 7.51. The Bertz CT molecular complexity index is 862. The molecule has 3 rings (SSSR count). The second-order valence-corrected chi connectivity index (χ2v) is 9.70. The largest absolute Gasteiger partial charge is 0.783 e. The van der Waals surface area contributed by atoms with Gasteiger partial charge in [-0.25, -0.2) is 0 Å². The van der Waals surface area contributed by atoms with E-state index in [-0.39, 0.29) is 5.92 Å². The molecule has 0 N–H and O–H groups in total. The van der Waals surface area contributed by atoms with Crippen molar-refractivity contribution in [1.29, 1.82) is 0 Å². The summed E-state index contributed by atoms with van der Waals surface area (Å²) in [5.41, 5.74) is 1.48. The Labute approximate surface area is 183 Å². The Hall–Kier alpha value is -1.25. The van der Waals surface area contributed by atoms with Crippen molar-refractivity contribution in [1.82, 2.24) is 5.06 Å². The zero-order chi connectivity index (χ0) is 21.0. The zero-order valence-corrected chi connectivity index (χ0v) is 19.4. The predicted octanol–water partition coefficient (Wildman–Crippen LogP) is 4.97. The van der Waals surface area contributed by atoms with Crippen molar-refractivity contribution < 1.29 is 13.7 Å². The lowest BCUT2D eigenvalue weighted by Crippen LogP contribution is -2.54. The van der Waals surface area contributed by atoms with E-state index in [1.54, 1.807) is 0 Å². The van der Waals surface area contributed by atoms with Crippen molar-refractivity contribution in [2.75, 3.05) is 25.2 Å². The van der Waals surface area contributed by atoms with E-state index in [2.05, 4.69) is 15.9 Å². The average molecular weight is 481 g/mol. The smallest absolute Gasteiger partial charge is 0.125 e. The van der Waals surface area contributed by atoms with E-state index in [1.165, 1.54) is 0 Å². The van der Waals surface area contributed by atoms with Gasteiger partial charge in [0.15, 0.2) is 0 Å². The number of halogens is 1. The first-order chi connectivity index (χ1) is 14.0. The van der Waals surface area contributed by atoms with Crippen LogP contribution in [0.25, 0.3) is 0 Å². The van der Waals surface area contributed by atoms with Crippen LogP contribution in [0.15, 0.2) is 53.4 Å². The highest BCUT2D eigenvalue weighted by molar-refractivity contribution is 9.09. The van der Waals surface area contributed by atoms with E-state index in [9.17, 15) is 9.42 Å². The van der Waals surface area contributed by atoms with Gasteiger partial charge in [0.05, 0.1) is 24.0 Å². The molecule has 29 heavy (non-hydrogen) atoms. The molecule has 0 saturated carbocycles. The minimum absolute atomic E-state index is 0.203. The third-order valence-electron chi connectivity index (χ3n) is 5.29. The quantitative estimate of drug-likeness (QED) is 0.394. The van der Waals surface area contributed by atoms with Crippen LogP contribution < -0.4 is 4.74 Å². The second kappa shape index (κ2) is 9.71. The van der Waals surface area contributed by atoms with Gasteiger partial charge in [0, 0.05) is 21.8 Å². The molecule has 0 aromatic heterocycles. The lowest BCUT2D eigenvalue weighted by molar-refractivity contribution is 0.103. The van der Waals surface area contributed by atoms with Crippen LogP contribution in [-0.2, 0) is 20.4 Å². The van der Waals surface area contributed by atoms with Gasteiger partial charge in [0.2, 0.25) is 0 Å². The molecule has 3 unspecified atom stereocenters. The molecule has 0 amide bonds. The van der Waals surface area contributed by atoms with Gasteiger partial charge in [0.25, 0.3) is 0 Å². The molecule has 158 valence electrons. The molecule has 1 heterocycles. The number of hydrogen-bond acceptors (Lipinski definition) is 5. The molecule has 2 aromatic carbocycles. The molecule has 0 saturated heterocycles. The summed E-state index contributed by atoms with van der Waals surface area (Å²) in [4.78, 5) is -0.516. The van der Waals surface area contributed by atoms with Crippen LogP contribution in [0, 0.1) is 11.1 Å². The van der Waals surface area contributed by atoms with Gasteiger partial charge >= 0.3 is 0 Å². The zero-order valence-electron chi connectivity index (χ0n) is 17.0. The van der Waals surface area contributed by atoms with E-state index in [1.807, 2.05) is 69.3 Å². The highest BCUT2D eigenvalue weighted by Gasteiger charge is 2.50. The van der Waals surface area contributed by atoms with Crippen molar-refractivity contribution in [3.8, 4) is 5.75 Å². The van der Waals surface area contributed by atoms with Crippen LogP contribution in [0.2, 0.25) is 0 Å². The number of nitrogens with zero attached hydrogens (tertiary/aromatic N) is 1. The fourth-order valence-corrected chi connectivity index (χ4v) is 6.25. The van der Waals surface area contributed by atoms with Crippen molar-refractivity contribution in [2.24, 2.45) is 5.92 Å². The first kappa shape index (κ1) is 22.4. The van der Waals surface area contributed by atoms with Crippen LogP contribution in [0.3, 0.4) is 0 Å². The molecule has 2 aromatic rings. The molecule has 3 atom stereocenters. The number of fused-ring (bicyclic) bond motifs is 1. The first-order valence-corrected chi connectivity index (χ1v) is 12.1.